The normalized spacial score (nSPS) is 15.1. The quantitative estimate of drug-likeness (QED) is 0.565. The second kappa shape index (κ2) is 8.24. The number of nitrogens with zero attached hydrogens (tertiary/aromatic N) is 6. The third-order valence-electron chi connectivity index (χ3n) is 4.08. The zero-order valence-electron chi connectivity index (χ0n) is 14.3. The van der Waals surface area contributed by atoms with Gasteiger partial charge in [-0.3, -0.25) is 9.69 Å². The molecule has 0 spiro atoms. The molecule has 1 aromatic carbocycles. The Kier molecular flexibility index (Phi) is 5.79. The maximum absolute atomic E-state index is 12.0. The van der Waals surface area contributed by atoms with Gasteiger partial charge in [0.2, 0.25) is 0 Å². The third-order valence-corrected chi connectivity index (χ3v) is 4.33. The number of carbonyl (C=O) groups excluding carboxylic acids is 2. The highest BCUT2D eigenvalue weighted by Gasteiger charge is 2.27. The molecule has 0 aliphatic carbocycles. The molecule has 3 rings (SSSR count). The molecule has 0 unspecified atom stereocenters. The summed E-state index contributed by atoms with van der Waals surface area (Å²) in [5, 5.41) is 12.5. The third kappa shape index (κ3) is 4.17. The number of tetrazole rings is 1. The average Bonchev–Trinajstić information content (AvgIpc) is 3.11. The Labute approximate surface area is 155 Å². The van der Waals surface area contributed by atoms with Crippen molar-refractivity contribution >= 4 is 23.5 Å². The summed E-state index contributed by atoms with van der Waals surface area (Å²) in [6.07, 6.45) is 0. The van der Waals surface area contributed by atoms with Crippen molar-refractivity contribution in [1.82, 2.24) is 30.0 Å². The molecule has 9 nitrogen and oxygen atoms in total. The SMILES string of the molecule is CCOC(=O)C(=O)N1CCN(Cc2nnnn2-c2ccc(Cl)cc2)CC1. The van der Waals surface area contributed by atoms with Crippen molar-refractivity contribution in [3.05, 3.63) is 35.1 Å². The Bertz CT molecular complexity index is 771. The molecule has 1 aliphatic rings. The van der Waals surface area contributed by atoms with Gasteiger partial charge in [0.1, 0.15) is 0 Å². The van der Waals surface area contributed by atoms with Gasteiger partial charge in [0, 0.05) is 31.2 Å². The fourth-order valence-corrected chi connectivity index (χ4v) is 2.84. The fraction of sp³-hybridized carbons (Fsp3) is 0.438. The predicted octanol–water partition coefficient (Wildman–Crippen LogP) is 0.523. The Hall–Kier alpha value is -2.52. The fourth-order valence-electron chi connectivity index (χ4n) is 2.72. The highest BCUT2D eigenvalue weighted by Crippen LogP contribution is 2.15. The first-order valence-corrected chi connectivity index (χ1v) is 8.68. The molecule has 1 fully saturated rings. The van der Waals surface area contributed by atoms with Gasteiger partial charge in [-0.25, -0.2) is 4.79 Å². The maximum Gasteiger partial charge on any atom is 0.397 e. The van der Waals surface area contributed by atoms with Gasteiger partial charge < -0.3 is 9.64 Å². The second-order valence-corrected chi connectivity index (χ2v) is 6.21. The zero-order valence-corrected chi connectivity index (χ0v) is 15.1. The number of amides is 1. The largest absolute Gasteiger partial charge is 0.459 e. The minimum atomic E-state index is -0.798. The Morgan fingerprint density at radius 3 is 2.50 bits per heavy atom. The van der Waals surface area contributed by atoms with Crippen molar-refractivity contribution in [3.8, 4) is 5.69 Å². The molecule has 2 aromatic rings. The second-order valence-electron chi connectivity index (χ2n) is 5.77. The maximum atomic E-state index is 12.0. The van der Waals surface area contributed by atoms with E-state index in [4.69, 9.17) is 16.3 Å². The predicted molar refractivity (Wildman–Crippen MR) is 92.7 cm³/mol. The van der Waals surface area contributed by atoms with Gasteiger partial charge in [0.05, 0.1) is 18.8 Å². The zero-order chi connectivity index (χ0) is 18.5. The molecular formula is C16H19ClN6O3. The van der Waals surface area contributed by atoms with Crippen LogP contribution in [0.15, 0.2) is 24.3 Å². The minimum absolute atomic E-state index is 0.192. The lowest BCUT2D eigenvalue weighted by atomic mass is 10.3. The topological polar surface area (TPSA) is 93.5 Å². The molecular weight excluding hydrogens is 360 g/mol. The molecule has 0 atom stereocenters. The lowest BCUT2D eigenvalue weighted by Crippen LogP contribution is -2.50. The number of ether oxygens (including phenoxy) is 1. The van der Waals surface area contributed by atoms with Crippen molar-refractivity contribution in [2.24, 2.45) is 0 Å². The molecule has 1 amide bonds. The number of hydrogen-bond donors (Lipinski definition) is 0. The molecule has 10 heteroatoms. The molecule has 2 heterocycles. The highest BCUT2D eigenvalue weighted by molar-refractivity contribution is 6.32. The summed E-state index contributed by atoms with van der Waals surface area (Å²) in [5.74, 6) is -0.692. The number of halogens is 1. The van der Waals surface area contributed by atoms with Gasteiger partial charge in [0.15, 0.2) is 5.82 Å². The van der Waals surface area contributed by atoms with E-state index in [2.05, 4.69) is 20.4 Å². The van der Waals surface area contributed by atoms with Crippen molar-refractivity contribution in [3.63, 3.8) is 0 Å². The van der Waals surface area contributed by atoms with Crippen LogP contribution in [-0.4, -0.2) is 74.7 Å². The van der Waals surface area contributed by atoms with Crippen LogP contribution >= 0.6 is 11.6 Å². The van der Waals surface area contributed by atoms with Crippen LogP contribution in [0.4, 0.5) is 0 Å². The summed E-state index contributed by atoms with van der Waals surface area (Å²) in [6, 6.07) is 7.25. The first-order valence-electron chi connectivity index (χ1n) is 8.30. The number of rotatable bonds is 4. The van der Waals surface area contributed by atoms with Crippen LogP contribution in [0, 0.1) is 0 Å². The van der Waals surface area contributed by atoms with E-state index in [0.29, 0.717) is 43.6 Å². The van der Waals surface area contributed by atoms with Crippen molar-refractivity contribution in [1.29, 1.82) is 0 Å². The van der Waals surface area contributed by atoms with Crippen LogP contribution in [0.5, 0.6) is 0 Å². The summed E-state index contributed by atoms with van der Waals surface area (Å²) in [5.41, 5.74) is 0.825. The molecule has 1 aromatic heterocycles. The molecule has 26 heavy (non-hydrogen) atoms. The van der Waals surface area contributed by atoms with Crippen molar-refractivity contribution in [2.45, 2.75) is 13.5 Å². The first-order chi connectivity index (χ1) is 12.6. The molecule has 0 saturated carbocycles. The van der Waals surface area contributed by atoms with E-state index >= 15 is 0 Å². The van der Waals surface area contributed by atoms with Gasteiger partial charge in [0.25, 0.3) is 0 Å². The van der Waals surface area contributed by atoms with Crippen LogP contribution in [-0.2, 0) is 20.9 Å². The van der Waals surface area contributed by atoms with Crippen LogP contribution < -0.4 is 0 Å². The molecule has 0 radical (unpaired) electrons. The number of esters is 1. The summed E-state index contributed by atoms with van der Waals surface area (Å²) in [6.45, 7) is 4.57. The van der Waals surface area contributed by atoms with Crippen LogP contribution in [0.25, 0.3) is 5.69 Å². The van der Waals surface area contributed by atoms with E-state index in [1.165, 1.54) is 4.90 Å². The van der Waals surface area contributed by atoms with Crippen molar-refractivity contribution in [2.75, 3.05) is 32.8 Å². The average molecular weight is 379 g/mol. The van der Waals surface area contributed by atoms with Gasteiger partial charge in [-0.15, -0.1) is 5.10 Å². The number of aromatic nitrogens is 4. The van der Waals surface area contributed by atoms with Gasteiger partial charge >= 0.3 is 11.9 Å². The molecule has 1 aliphatic heterocycles. The van der Waals surface area contributed by atoms with Gasteiger partial charge in [-0.1, -0.05) is 11.6 Å². The van der Waals surface area contributed by atoms with Crippen molar-refractivity contribution < 1.29 is 14.3 Å². The number of hydrogen-bond acceptors (Lipinski definition) is 7. The van der Waals surface area contributed by atoms with E-state index in [1.807, 2.05) is 12.1 Å². The number of piperazine rings is 1. The standard InChI is InChI=1S/C16H19ClN6O3/c1-2-26-16(25)15(24)22-9-7-21(8-10-22)11-14-18-19-20-23(14)13-5-3-12(17)4-6-13/h3-6H,2,7-11H2,1H3. The smallest absolute Gasteiger partial charge is 0.397 e. The molecule has 1 saturated heterocycles. The Balaban J connectivity index is 1.59. The monoisotopic (exact) mass is 378 g/mol. The Morgan fingerprint density at radius 2 is 1.85 bits per heavy atom. The lowest BCUT2D eigenvalue weighted by Gasteiger charge is -2.33. The van der Waals surface area contributed by atoms with Crippen LogP contribution in [0.2, 0.25) is 5.02 Å². The number of carbonyl (C=O) groups is 2. The van der Waals surface area contributed by atoms with Crippen LogP contribution in [0.1, 0.15) is 12.7 Å². The molecule has 138 valence electrons. The summed E-state index contributed by atoms with van der Waals surface area (Å²) >= 11 is 5.92. The van der Waals surface area contributed by atoms with Gasteiger partial charge in [-0.2, -0.15) is 4.68 Å². The van der Waals surface area contributed by atoms with E-state index in [9.17, 15) is 9.59 Å². The van der Waals surface area contributed by atoms with Crippen LogP contribution in [0.3, 0.4) is 0 Å². The summed E-state index contributed by atoms with van der Waals surface area (Å²) < 4.78 is 6.42. The summed E-state index contributed by atoms with van der Waals surface area (Å²) in [7, 11) is 0. The number of benzene rings is 1. The van der Waals surface area contributed by atoms with E-state index in [-0.39, 0.29) is 6.61 Å². The van der Waals surface area contributed by atoms with E-state index < -0.39 is 11.9 Å². The lowest BCUT2D eigenvalue weighted by molar-refractivity contribution is -0.160. The van der Waals surface area contributed by atoms with E-state index in [0.717, 1.165) is 5.69 Å². The Morgan fingerprint density at radius 1 is 1.15 bits per heavy atom. The van der Waals surface area contributed by atoms with E-state index in [1.54, 1.807) is 23.7 Å². The first kappa shape index (κ1) is 18.3. The molecule has 0 bridgehead atoms. The highest BCUT2D eigenvalue weighted by atomic mass is 35.5. The molecule has 0 N–H and O–H groups in total. The summed E-state index contributed by atoms with van der Waals surface area (Å²) in [4.78, 5) is 27.1. The van der Waals surface area contributed by atoms with Gasteiger partial charge in [-0.05, 0) is 41.6 Å². The minimum Gasteiger partial charge on any atom is -0.459 e.